The smallest absolute Gasteiger partial charge is 0.411 e. The number of benzene rings is 3. The van der Waals surface area contributed by atoms with E-state index in [0.717, 1.165) is 22.3 Å². The van der Waals surface area contributed by atoms with Gasteiger partial charge in [-0.1, -0.05) is 66.7 Å². The van der Waals surface area contributed by atoms with E-state index in [9.17, 15) is 18.3 Å². The van der Waals surface area contributed by atoms with E-state index < -0.39 is 27.1 Å². The molecule has 0 spiro atoms. The molecule has 0 bridgehead atoms. The highest BCUT2D eigenvalue weighted by Crippen LogP contribution is 2.42. The number of nitrogens with zero attached hydrogens (tertiary/aromatic N) is 1. The second-order valence-corrected chi connectivity index (χ2v) is 12.3. The van der Waals surface area contributed by atoms with Crippen molar-refractivity contribution in [2.24, 2.45) is 0 Å². The molecule has 1 amide bonds. The maximum absolute atomic E-state index is 13.3. The monoisotopic (exact) mass is 507 g/mol. The number of aliphatic hydroxyl groups is 1. The lowest BCUT2D eigenvalue weighted by molar-refractivity contribution is -0.101. The van der Waals surface area contributed by atoms with Gasteiger partial charge in [-0.2, -0.15) is 0 Å². The number of sulfone groups is 1. The van der Waals surface area contributed by atoms with Crippen molar-refractivity contribution in [1.82, 2.24) is 4.90 Å². The first-order chi connectivity index (χ1) is 16.9. The van der Waals surface area contributed by atoms with Gasteiger partial charge < -0.3 is 14.7 Å². The highest BCUT2D eigenvalue weighted by Gasteiger charge is 2.46. The average molecular weight is 508 g/mol. The lowest BCUT2D eigenvalue weighted by Crippen LogP contribution is -2.51. The van der Waals surface area contributed by atoms with Crippen LogP contribution in [0.2, 0.25) is 0 Å². The fourth-order valence-corrected chi connectivity index (χ4v) is 5.60. The Kier molecular flexibility index (Phi) is 6.99. The summed E-state index contributed by atoms with van der Waals surface area (Å²) < 4.78 is 29.9. The van der Waals surface area contributed by atoms with Gasteiger partial charge in [0.1, 0.15) is 5.60 Å². The maximum Gasteiger partial charge on any atom is 0.411 e. The van der Waals surface area contributed by atoms with Gasteiger partial charge in [0.2, 0.25) is 0 Å². The Hall–Kier alpha value is -3.16. The number of carbonyl (C=O) groups excluding carboxylic acids is 1. The summed E-state index contributed by atoms with van der Waals surface area (Å²) in [6.45, 7) is 5.91. The first-order valence-electron chi connectivity index (χ1n) is 12.1. The Morgan fingerprint density at radius 3 is 2.25 bits per heavy atom. The van der Waals surface area contributed by atoms with Crippen LogP contribution in [0.15, 0.2) is 83.8 Å². The number of cyclic esters (lactones) is 1. The van der Waals surface area contributed by atoms with Gasteiger partial charge in [-0.05, 0) is 55.2 Å². The lowest BCUT2D eigenvalue weighted by atomic mass is 9.80. The number of ether oxygens (including phenoxy) is 1. The zero-order valence-corrected chi connectivity index (χ0v) is 22.0. The van der Waals surface area contributed by atoms with Crippen LogP contribution in [0.3, 0.4) is 0 Å². The molecule has 0 aromatic heterocycles. The van der Waals surface area contributed by atoms with Gasteiger partial charge in [0, 0.05) is 25.6 Å². The predicted octanol–water partition coefficient (Wildman–Crippen LogP) is 5.72. The Morgan fingerprint density at radius 2 is 1.67 bits per heavy atom. The molecule has 3 aromatic rings. The van der Waals surface area contributed by atoms with Gasteiger partial charge in [-0.25, -0.2) is 13.2 Å². The summed E-state index contributed by atoms with van der Waals surface area (Å²) in [5, 5.41) is 10.6. The number of rotatable bonds is 7. The van der Waals surface area contributed by atoms with E-state index in [4.69, 9.17) is 4.74 Å². The topological polar surface area (TPSA) is 83.9 Å². The molecule has 1 aliphatic rings. The van der Waals surface area contributed by atoms with E-state index in [0.29, 0.717) is 19.4 Å². The largest absolute Gasteiger partial charge is 0.438 e. The molecule has 0 aliphatic carbocycles. The van der Waals surface area contributed by atoms with Crippen molar-refractivity contribution in [1.29, 1.82) is 0 Å². The van der Waals surface area contributed by atoms with E-state index >= 15 is 0 Å². The van der Waals surface area contributed by atoms with Gasteiger partial charge in [0.05, 0.1) is 16.5 Å². The summed E-state index contributed by atoms with van der Waals surface area (Å²) in [7, 11) is -3.29. The molecule has 0 saturated carbocycles. The average Bonchev–Trinajstić information content (AvgIpc) is 2.83. The van der Waals surface area contributed by atoms with Gasteiger partial charge in [0.15, 0.2) is 9.84 Å². The van der Waals surface area contributed by atoms with Gasteiger partial charge >= 0.3 is 6.09 Å². The molecule has 1 unspecified atom stereocenters. The van der Waals surface area contributed by atoms with Gasteiger partial charge in [0.25, 0.3) is 0 Å². The standard InChI is InChI=1S/C29H33NO5S/c1-21(22-13-15-23(16-14-22)24-9-8-12-26(19-24)36(4,33)34)30-18-17-29(35-27(30)31,20-28(2,3)32)25-10-6-5-7-11-25/h5-16,19,21,32H,17-18,20H2,1-4H3/t21-,29?/m0/s1. The van der Waals surface area contributed by atoms with Crippen LogP contribution in [0.5, 0.6) is 0 Å². The van der Waals surface area contributed by atoms with Crippen LogP contribution in [0, 0.1) is 0 Å². The summed E-state index contributed by atoms with van der Waals surface area (Å²) in [6.07, 6.45) is 1.65. The van der Waals surface area contributed by atoms with Crippen LogP contribution in [0.1, 0.15) is 50.8 Å². The minimum absolute atomic E-state index is 0.218. The third-order valence-corrected chi connectivity index (χ3v) is 7.86. The molecule has 3 aromatic carbocycles. The molecule has 1 N–H and O–H groups in total. The SMILES string of the molecule is C[C@@H](c1ccc(-c2cccc(S(C)(=O)=O)c2)cc1)N1CCC(CC(C)(C)O)(c2ccccc2)OC1=O. The second kappa shape index (κ2) is 9.71. The number of hydrogen-bond donors (Lipinski definition) is 1. The van der Waals surface area contributed by atoms with Crippen LogP contribution in [0.25, 0.3) is 11.1 Å². The van der Waals surface area contributed by atoms with Gasteiger partial charge in [-0.3, -0.25) is 0 Å². The van der Waals surface area contributed by atoms with Crippen LogP contribution in [0.4, 0.5) is 4.79 Å². The predicted molar refractivity (Wildman–Crippen MR) is 140 cm³/mol. The van der Waals surface area contributed by atoms with Crippen molar-refractivity contribution < 1.29 is 23.1 Å². The Morgan fingerprint density at radius 1 is 1.00 bits per heavy atom. The molecule has 190 valence electrons. The molecule has 1 aliphatic heterocycles. The van der Waals surface area contributed by atoms with Gasteiger partial charge in [-0.15, -0.1) is 0 Å². The minimum Gasteiger partial charge on any atom is -0.438 e. The Balaban J connectivity index is 1.54. The Bertz CT molecular complexity index is 1330. The summed E-state index contributed by atoms with van der Waals surface area (Å²) in [6, 6.07) is 24.1. The molecule has 2 atom stereocenters. The van der Waals surface area contributed by atoms with Crippen molar-refractivity contribution in [3.63, 3.8) is 0 Å². The van der Waals surface area contributed by atoms with Crippen molar-refractivity contribution >= 4 is 15.9 Å². The van der Waals surface area contributed by atoms with Crippen LogP contribution >= 0.6 is 0 Å². The molecule has 0 radical (unpaired) electrons. The van der Waals surface area contributed by atoms with Crippen molar-refractivity contribution in [3.8, 4) is 11.1 Å². The summed E-state index contributed by atoms with van der Waals surface area (Å²) >= 11 is 0. The highest BCUT2D eigenvalue weighted by atomic mass is 32.2. The minimum atomic E-state index is -3.29. The van der Waals surface area contributed by atoms with E-state index in [-0.39, 0.29) is 10.9 Å². The molecule has 1 saturated heterocycles. The van der Waals surface area contributed by atoms with E-state index in [2.05, 4.69) is 0 Å². The number of amides is 1. The Labute approximate surface area is 213 Å². The summed E-state index contributed by atoms with van der Waals surface area (Å²) in [4.78, 5) is 15.3. The van der Waals surface area contributed by atoms with E-state index in [1.807, 2.05) is 67.6 Å². The first kappa shape index (κ1) is 25.9. The maximum atomic E-state index is 13.3. The van der Waals surface area contributed by atoms with Crippen molar-refractivity contribution in [2.45, 2.75) is 55.8 Å². The lowest BCUT2D eigenvalue weighted by Gasteiger charge is -2.45. The van der Waals surface area contributed by atoms with E-state index in [1.54, 1.807) is 36.9 Å². The fourth-order valence-electron chi connectivity index (χ4n) is 4.93. The normalized spacial score (nSPS) is 19.6. The third-order valence-electron chi connectivity index (χ3n) is 6.75. The summed E-state index contributed by atoms with van der Waals surface area (Å²) in [5.74, 6) is 0. The molecule has 7 heteroatoms. The number of hydrogen-bond acceptors (Lipinski definition) is 5. The summed E-state index contributed by atoms with van der Waals surface area (Å²) in [5.41, 5.74) is 1.65. The zero-order valence-electron chi connectivity index (χ0n) is 21.1. The number of carbonyl (C=O) groups is 1. The van der Waals surface area contributed by atoms with Crippen molar-refractivity contribution in [2.75, 3.05) is 12.8 Å². The van der Waals surface area contributed by atoms with Crippen LogP contribution in [-0.2, 0) is 20.2 Å². The molecular formula is C29H33NO5S. The molecule has 36 heavy (non-hydrogen) atoms. The van der Waals surface area contributed by atoms with E-state index in [1.165, 1.54) is 6.26 Å². The first-order valence-corrected chi connectivity index (χ1v) is 14.0. The highest BCUT2D eigenvalue weighted by molar-refractivity contribution is 7.90. The molecule has 1 fully saturated rings. The molecule has 4 rings (SSSR count). The molecule has 6 nitrogen and oxygen atoms in total. The zero-order chi connectivity index (χ0) is 26.1. The quantitative estimate of drug-likeness (QED) is 0.442. The molecular weight excluding hydrogens is 474 g/mol. The fraction of sp³-hybridized carbons (Fsp3) is 0.345. The van der Waals surface area contributed by atoms with Crippen molar-refractivity contribution in [3.05, 3.63) is 90.0 Å². The second-order valence-electron chi connectivity index (χ2n) is 10.3. The third kappa shape index (κ3) is 5.63. The van der Waals surface area contributed by atoms with Crippen LogP contribution < -0.4 is 0 Å². The molecule has 1 heterocycles. The van der Waals surface area contributed by atoms with Crippen LogP contribution in [-0.4, -0.2) is 42.9 Å².